The second kappa shape index (κ2) is 5.94. The van der Waals surface area contributed by atoms with Gasteiger partial charge in [0.2, 0.25) is 0 Å². The first kappa shape index (κ1) is 14.8. The fourth-order valence-electron chi connectivity index (χ4n) is 2.03. The third kappa shape index (κ3) is 2.77. The molecule has 3 rings (SSSR count). The van der Waals surface area contributed by atoms with Crippen LogP contribution in [0.5, 0.6) is 0 Å². The Kier molecular flexibility index (Phi) is 4.00. The number of furan rings is 1. The smallest absolute Gasteiger partial charge is 0.283 e. The van der Waals surface area contributed by atoms with Crippen molar-refractivity contribution in [2.75, 3.05) is 0 Å². The summed E-state index contributed by atoms with van der Waals surface area (Å²) in [7, 11) is 0. The lowest BCUT2D eigenvalue weighted by molar-refractivity contribution is 0.0959. The minimum absolute atomic E-state index is 0.325. The number of nitrogens with one attached hydrogen (secondary N) is 1. The summed E-state index contributed by atoms with van der Waals surface area (Å²) in [5, 5.41) is 5.40. The summed E-state index contributed by atoms with van der Waals surface area (Å²) in [5.41, 5.74) is 3.12. The van der Waals surface area contributed by atoms with E-state index in [9.17, 15) is 4.79 Å². The number of fused-ring (bicyclic) bond motifs is 1. The maximum atomic E-state index is 12.3. The fraction of sp³-hybridized carbons (Fsp3) is 0.125. The molecule has 22 heavy (non-hydrogen) atoms. The van der Waals surface area contributed by atoms with E-state index in [1.807, 2.05) is 43.3 Å². The first-order chi connectivity index (χ1) is 10.6. The Morgan fingerprint density at radius 3 is 2.73 bits per heavy atom. The van der Waals surface area contributed by atoms with Crippen molar-refractivity contribution >= 4 is 44.6 Å². The van der Waals surface area contributed by atoms with Crippen molar-refractivity contribution < 1.29 is 9.21 Å². The van der Waals surface area contributed by atoms with Gasteiger partial charge in [0.15, 0.2) is 0 Å². The number of hydrogen-bond donors (Lipinski definition) is 1. The van der Waals surface area contributed by atoms with Gasteiger partial charge >= 0.3 is 0 Å². The van der Waals surface area contributed by atoms with Crippen molar-refractivity contribution in [1.29, 1.82) is 0 Å². The molecule has 0 spiro atoms. The SMILES string of the molecule is C/C(=N/NC(=O)c1sc2ccccc2c1Cl)c1ccc(C)o1. The maximum Gasteiger partial charge on any atom is 0.283 e. The summed E-state index contributed by atoms with van der Waals surface area (Å²) in [6, 6.07) is 11.3. The predicted molar refractivity (Wildman–Crippen MR) is 90.0 cm³/mol. The van der Waals surface area contributed by atoms with E-state index >= 15 is 0 Å². The standard InChI is InChI=1S/C16H13ClN2O2S/c1-9-7-8-12(21-9)10(2)18-19-16(20)15-14(17)11-5-3-4-6-13(11)22-15/h3-8H,1-2H3,(H,19,20)/b18-10-. The van der Waals surface area contributed by atoms with Gasteiger partial charge in [-0.15, -0.1) is 11.3 Å². The van der Waals surface area contributed by atoms with Gasteiger partial charge in [-0.3, -0.25) is 4.79 Å². The Labute approximate surface area is 136 Å². The van der Waals surface area contributed by atoms with Gasteiger partial charge in [0.25, 0.3) is 5.91 Å². The number of benzene rings is 1. The number of aryl methyl sites for hydroxylation is 1. The Morgan fingerprint density at radius 2 is 2.05 bits per heavy atom. The summed E-state index contributed by atoms with van der Waals surface area (Å²) in [5.74, 6) is 1.09. The Balaban J connectivity index is 1.83. The molecule has 112 valence electrons. The van der Waals surface area contributed by atoms with Crippen molar-refractivity contribution in [3.8, 4) is 0 Å². The van der Waals surface area contributed by atoms with Crippen LogP contribution in [0, 0.1) is 6.92 Å². The van der Waals surface area contributed by atoms with Crippen LogP contribution < -0.4 is 5.43 Å². The van der Waals surface area contributed by atoms with E-state index in [2.05, 4.69) is 10.5 Å². The molecule has 0 radical (unpaired) electrons. The van der Waals surface area contributed by atoms with Crippen molar-refractivity contribution in [1.82, 2.24) is 5.43 Å². The van der Waals surface area contributed by atoms with Crippen LogP contribution in [0.4, 0.5) is 0 Å². The van der Waals surface area contributed by atoms with Crippen LogP contribution in [-0.4, -0.2) is 11.6 Å². The van der Waals surface area contributed by atoms with Gasteiger partial charge < -0.3 is 4.42 Å². The minimum Gasteiger partial charge on any atom is -0.460 e. The summed E-state index contributed by atoms with van der Waals surface area (Å²) in [4.78, 5) is 12.7. The topological polar surface area (TPSA) is 54.6 Å². The molecule has 0 aliphatic carbocycles. The van der Waals surface area contributed by atoms with Gasteiger partial charge in [-0.25, -0.2) is 5.43 Å². The lowest BCUT2D eigenvalue weighted by Gasteiger charge is -1.99. The highest BCUT2D eigenvalue weighted by Crippen LogP contribution is 2.34. The molecular formula is C16H13ClN2O2S. The number of amides is 1. The quantitative estimate of drug-likeness (QED) is 0.562. The predicted octanol–water partition coefficient (Wildman–Crippen LogP) is 4.61. The third-order valence-electron chi connectivity index (χ3n) is 3.16. The molecule has 0 saturated heterocycles. The molecule has 1 amide bonds. The number of hydrogen-bond acceptors (Lipinski definition) is 4. The molecule has 0 saturated carbocycles. The number of carbonyl (C=O) groups excluding carboxylic acids is 1. The Morgan fingerprint density at radius 1 is 1.27 bits per heavy atom. The molecule has 3 aromatic rings. The molecule has 6 heteroatoms. The van der Waals surface area contributed by atoms with E-state index in [0.29, 0.717) is 21.4 Å². The molecule has 1 aromatic carbocycles. The van der Waals surface area contributed by atoms with E-state index < -0.39 is 0 Å². The van der Waals surface area contributed by atoms with Gasteiger partial charge in [-0.1, -0.05) is 29.8 Å². The average molecular weight is 333 g/mol. The molecule has 0 bridgehead atoms. The highest BCUT2D eigenvalue weighted by atomic mass is 35.5. The normalized spacial score (nSPS) is 11.9. The second-order valence-electron chi connectivity index (χ2n) is 4.79. The average Bonchev–Trinajstić information content (AvgIpc) is 3.09. The van der Waals surface area contributed by atoms with E-state index in [0.717, 1.165) is 15.8 Å². The van der Waals surface area contributed by atoms with Gasteiger partial charge in [0.05, 0.1) is 5.02 Å². The Bertz CT molecular complexity index is 879. The lowest BCUT2D eigenvalue weighted by Crippen LogP contribution is -2.18. The van der Waals surface area contributed by atoms with Crippen LogP contribution in [0.25, 0.3) is 10.1 Å². The highest BCUT2D eigenvalue weighted by Gasteiger charge is 2.16. The maximum absolute atomic E-state index is 12.3. The molecule has 0 fully saturated rings. The fourth-order valence-corrected chi connectivity index (χ4v) is 3.44. The van der Waals surface area contributed by atoms with Gasteiger partial charge in [-0.2, -0.15) is 5.10 Å². The number of nitrogens with zero attached hydrogens (tertiary/aromatic N) is 1. The molecular weight excluding hydrogens is 320 g/mol. The summed E-state index contributed by atoms with van der Waals surface area (Å²) in [6.45, 7) is 3.62. The first-order valence-corrected chi connectivity index (χ1v) is 7.84. The third-order valence-corrected chi connectivity index (χ3v) is 4.84. The number of halogens is 1. The Hall–Kier alpha value is -2.11. The molecule has 0 unspecified atom stereocenters. The first-order valence-electron chi connectivity index (χ1n) is 6.64. The van der Waals surface area contributed by atoms with Gasteiger partial charge in [0.1, 0.15) is 22.1 Å². The summed E-state index contributed by atoms with van der Waals surface area (Å²) in [6.07, 6.45) is 0. The largest absolute Gasteiger partial charge is 0.460 e. The van der Waals surface area contributed by atoms with E-state index in [4.69, 9.17) is 16.0 Å². The van der Waals surface area contributed by atoms with Crippen molar-refractivity contribution in [3.63, 3.8) is 0 Å². The van der Waals surface area contributed by atoms with Crippen molar-refractivity contribution in [2.45, 2.75) is 13.8 Å². The molecule has 4 nitrogen and oxygen atoms in total. The van der Waals surface area contributed by atoms with Crippen LogP contribution in [0.2, 0.25) is 5.02 Å². The van der Waals surface area contributed by atoms with Crippen LogP contribution >= 0.6 is 22.9 Å². The monoisotopic (exact) mass is 332 g/mol. The number of thiophene rings is 1. The number of rotatable bonds is 3. The lowest BCUT2D eigenvalue weighted by atomic mass is 10.2. The minimum atomic E-state index is -0.325. The van der Waals surface area contributed by atoms with Crippen molar-refractivity contribution in [2.24, 2.45) is 5.10 Å². The molecule has 2 heterocycles. The molecule has 0 aliphatic heterocycles. The zero-order valence-corrected chi connectivity index (χ0v) is 13.6. The molecule has 1 N–H and O–H groups in total. The zero-order chi connectivity index (χ0) is 15.7. The highest BCUT2D eigenvalue weighted by molar-refractivity contribution is 7.21. The number of carbonyl (C=O) groups is 1. The van der Waals surface area contributed by atoms with E-state index in [-0.39, 0.29) is 5.91 Å². The van der Waals surface area contributed by atoms with Crippen LogP contribution in [0.3, 0.4) is 0 Å². The second-order valence-corrected chi connectivity index (χ2v) is 6.22. The van der Waals surface area contributed by atoms with Gasteiger partial charge in [-0.05, 0) is 32.0 Å². The van der Waals surface area contributed by atoms with Crippen LogP contribution in [0.1, 0.15) is 28.1 Å². The van der Waals surface area contributed by atoms with Crippen molar-refractivity contribution in [3.05, 3.63) is 57.8 Å². The number of hydrazone groups is 1. The zero-order valence-electron chi connectivity index (χ0n) is 12.0. The van der Waals surface area contributed by atoms with Crippen LogP contribution in [-0.2, 0) is 0 Å². The molecule has 2 aromatic heterocycles. The van der Waals surface area contributed by atoms with E-state index in [1.54, 1.807) is 6.92 Å². The molecule has 0 aliphatic rings. The molecule has 0 atom stereocenters. The van der Waals surface area contributed by atoms with E-state index in [1.165, 1.54) is 11.3 Å². The summed E-state index contributed by atoms with van der Waals surface area (Å²) < 4.78 is 6.42. The summed E-state index contributed by atoms with van der Waals surface area (Å²) >= 11 is 7.62. The van der Waals surface area contributed by atoms with Gasteiger partial charge in [0, 0.05) is 10.1 Å². The van der Waals surface area contributed by atoms with Crippen LogP contribution in [0.15, 0.2) is 45.9 Å².